The maximum absolute atomic E-state index is 5.03. The summed E-state index contributed by atoms with van der Waals surface area (Å²) in [7, 11) is 1.74. The number of methoxy groups -OCH3 is 1. The fourth-order valence-corrected chi connectivity index (χ4v) is 2.67. The van der Waals surface area contributed by atoms with Gasteiger partial charge in [0.1, 0.15) is 0 Å². The van der Waals surface area contributed by atoms with Crippen molar-refractivity contribution < 1.29 is 4.74 Å². The molecule has 18 heavy (non-hydrogen) atoms. The Hall–Kier alpha value is -1.13. The lowest BCUT2D eigenvalue weighted by atomic mass is 10.2. The van der Waals surface area contributed by atoms with E-state index in [1.807, 2.05) is 43.0 Å². The first-order chi connectivity index (χ1) is 8.81. The summed E-state index contributed by atoms with van der Waals surface area (Å²) in [6.07, 6.45) is 1.08. The van der Waals surface area contributed by atoms with Gasteiger partial charge < -0.3 is 4.74 Å². The highest BCUT2D eigenvalue weighted by Crippen LogP contribution is 2.17. The third kappa shape index (κ3) is 3.43. The molecule has 1 aromatic carbocycles. The molecule has 2 rings (SSSR count). The lowest BCUT2D eigenvalue weighted by Crippen LogP contribution is -1.98. The van der Waals surface area contributed by atoms with Gasteiger partial charge in [0.2, 0.25) is 0 Å². The topological polar surface area (TPSA) is 35.0 Å². The van der Waals surface area contributed by atoms with Crippen molar-refractivity contribution in [3.63, 3.8) is 0 Å². The molecule has 0 radical (unpaired) electrons. The van der Waals surface area contributed by atoms with E-state index >= 15 is 0 Å². The van der Waals surface area contributed by atoms with Crippen LogP contribution < -0.4 is 0 Å². The van der Waals surface area contributed by atoms with Crippen LogP contribution in [-0.4, -0.2) is 29.4 Å². The van der Waals surface area contributed by atoms with Gasteiger partial charge in [-0.3, -0.25) is 0 Å². The highest BCUT2D eigenvalue weighted by molar-refractivity contribution is 7.98. The Morgan fingerprint density at radius 3 is 2.61 bits per heavy atom. The molecular weight excluding hydrogens is 244 g/mol. The summed E-state index contributed by atoms with van der Waals surface area (Å²) in [6, 6.07) is 8.02. The van der Waals surface area contributed by atoms with Crippen LogP contribution in [0.15, 0.2) is 24.3 Å². The number of thioether (sulfide) groups is 1. The van der Waals surface area contributed by atoms with Gasteiger partial charge in [0.25, 0.3) is 0 Å². The summed E-state index contributed by atoms with van der Waals surface area (Å²) in [5, 5.41) is 0. The zero-order valence-corrected chi connectivity index (χ0v) is 11.7. The molecule has 3 nitrogen and oxygen atoms in total. The van der Waals surface area contributed by atoms with E-state index in [-0.39, 0.29) is 0 Å². The smallest absolute Gasteiger partial charge is 0.0890 e. The van der Waals surface area contributed by atoms with Gasteiger partial charge in [-0.1, -0.05) is 12.1 Å². The van der Waals surface area contributed by atoms with E-state index in [9.17, 15) is 0 Å². The van der Waals surface area contributed by atoms with Crippen LogP contribution in [0.25, 0.3) is 11.0 Å². The minimum atomic E-state index is 0.829. The van der Waals surface area contributed by atoms with Crippen molar-refractivity contribution in [1.29, 1.82) is 0 Å². The highest BCUT2D eigenvalue weighted by Gasteiger charge is 2.04. The maximum atomic E-state index is 5.03. The quantitative estimate of drug-likeness (QED) is 0.749. The predicted molar refractivity (Wildman–Crippen MR) is 76.9 cm³/mol. The third-order valence-corrected chi connectivity index (χ3v) is 3.77. The molecule has 0 saturated carbocycles. The van der Waals surface area contributed by atoms with Crippen molar-refractivity contribution in [3.05, 3.63) is 35.7 Å². The summed E-state index contributed by atoms with van der Waals surface area (Å²) in [6.45, 7) is 2.86. The number of aryl methyl sites for hydroxylation is 1. The monoisotopic (exact) mass is 262 g/mol. The van der Waals surface area contributed by atoms with Gasteiger partial charge in [0.05, 0.1) is 22.4 Å². The number of ether oxygens (including phenoxy) is 1. The molecule has 96 valence electrons. The van der Waals surface area contributed by atoms with Crippen molar-refractivity contribution in [2.24, 2.45) is 0 Å². The molecule has 0 atom stereocenters. The number of hydrogen-bond acceptors (Lipinski definition) is 4. The Labute approximate surface area is 112 Å². The Balaban J connectivity index is 2.01. The second-order valence-electron chi connectivity index (χ2n) is 4.14. The van der Waals surface area contributed by atoms with Gasteiger partial charge in [0.15, 0.2) is 0 Å². The van der Waals surface area contributed by atoms with Crippen molar-refractivity contribution in [2.75, 3.05) is 19.5 Å². The zero-order valence-electron chi connectivity index (χ0n) is 10.8. The molecule has 1 aromatic heterocycles. The molecule has 0 aliphatic rings. The summed E-state index contributed by atoms with van der Waals surface area (Å²) >= 11 is 1.89. The molecule has 0 aliphatic heterocycles. The van der Waals surface area contributed by atoms with E-state index in [0.717, 1.165) is 47.0 Å². The number of benzene rings is 1. The first-order valence-electron chi connectivity index (χ1n) is 6.10. The van der Waals surface area contributed by atoms with Gasteiger partial charge in [-0.15, -0.1) is 0 Å². The zero-order chi connectivity index (χ0) is 12.8. The fraction of sp³-hybridized carbons (Fsp3) is 0.429. The van der Waals surface area contributed by atoms with Crippen molar-refractivity contribution >= 4 is 22.8 Å². The molecule has 0 amide bonds. The molecule has 0 fully saturated rings. The maximum Gasteiger partial charge on any atom is 0.0890 e. The Morgan fingerprint density at radius 1 is 1.17 bits per heavy atom. The molecule has 0 unspecified atom stereocenters. The molecule has 0 bridgehead atoms. The van der Waals surface area contributed by atoms with E-state index in [2.05, 4.69) is 9.97 Å². The SMILES string of the molecule is COCCCSCc1nc2ccccc2nc1C. The van der Waals surface area contributed by atoms with Gasteiger partial charge in [-0.25, -0.2) is 9.97 Å². The molecule has 0 spiro atoms. The van der Waals surface area contributed by atoms with Gasteiger partial charge >= 0.3 is 0 Å². The molecular formula is C14H18N2OS. The number of aromatic nitrogens is 2. The normalized spacial score (nSPS) is 11.0. The van der Waals surface area contributed by atoms with Crippen LogP contribution in [0.4, 0.5) is 0 Å². The molecule has 0 N–H and O–H groups in total. The number of rotatable bonds is 6. The van der Waals surface area contributed by atoms with Gasteiger partial charge in [-0.05, 0) is 31.2 Å². The van der Waals surface area contributed by atoms with Crippen molar-refractivity contribution in [1.82, 2.24) is 9.97 Å². The number of fused-ring (bicyclic) bond motifs is 1. The summed E-state index contributed by atoms with van der Waals surface area (Å²) in [5.41, 5.74) is 4.09. The molecule has 4 heteroatoms. The Bertz CT molecular complexity index is 516. The molecule has 1 heterocycles. The highest BCUT2D eigenvalue weighted by atomic mass is 32.2. The predicted octanol–water partition coefficient (Wildman–Crippen LogP) is 3.21. The molecule has 2 aromatic rings. The standard InChI is InChI=1S/C14H18N2OS/c1-11-14(10-18-9-5-8-17-2)16-13-7-4-3-6-12(13)15-11/h3-4,6-7H,5,8-10H2,1-2H3. The summed E-state index contributed by atoms with van der Waals surface area (Å²) in [4.78, 5) is 9.27. The minimum Gasteiger partial charge on any atom is -0.385 e. The van der Waals surface area contributed by atoms with Crippen LogP contribution in [0.5, 0.6) is 0 Å². The lowest BCUT2D eigenvalue weighted by molar-refractivity contribution is 0.200. The van der Waals surface area contributed by atoms with E-state index < -0.39 is 0 Å². The van der Waals surface area contributed by atoms with Gasteiger partial charge in [-0.2, -0.15) is 11.8 Å². The third-order valence-electron chi connectivity index (χ3n) is 2.72. The fourth-order valence-electron chi connectivity index (χ4n) is 1.74. The Kier molecular flexibility index (Phi) is 4.96. The van der Waals surface area contributed by atoms with E-state index in [4.69, 9.17) is 4.74 Å². The van der Waals surface area contributed by atoms with Crippen LogP contribution in [0.2, 0.25) is 0 Å². The van der Waals surface area contributed by atoms with Crippen molar-refractivity contribution in [3.8, 4) is 0 Å². The second-order valence-corrected chi connectivity index (χ2v) is 5.25. The second kappa shape index (κ2) is 6.71. The van der Waals surface area contributed by atoms with Crippen LogP contribution in [0, 0.1) is 6.92 Å². The van der Waals surface area contributed by atoms with Crippen LogP contribution in [0.3, 0.4) is 0 Å². The van der Waals surface area contributed by atoms with Crippen LogP contribution >= 0.6 is 11.8 Å². The molecule has 0 aliphatic carbocycles. The van der Waals surface area contributed by atoms with Crippen LogP contribution in [0.1, 0.15) is 17.8 Å². The lowest BCUT2D eigenvalue weighted by Gasteiger charge is -2.06. The molecule has 0 saturated heterocycles. The van der Waals surface area contributed by atoms with E-state index in [0.29, 0.717) is 0 Å². The van der Waals surface area contributed by atoms with Gasteiger partial charge in [0, 0.05) is 19.5 Å². The average molecular weight is 262 g/mol. The van der Waals surface area contributed by atoms with Crippen LogP contribution in [-0.2, 0) is 10.5 Å². The number of para-hydroxylation sites is 2. The summed E-state index contributed by atoms with van der Waals surface area (Å²) < 4.78 is 5.03. The number of hydrogen-bond donors (Lipinski definition) is 0. The Morgan fingerprint density at radius 2 is 1.89 bits per heavy atom. The summed E-state index contributed by atoms with van der Waals surface area (Å²) in [5.74, 6) is 2.02. The first kappa shape index (κ1) is 13.3. The van der Waals surface area contributed by atoms with Crippen molar-refractivity contribution in [2.45, 2.75) is 19.1 Å². The minimum absolute atomic E-state index is 0.829. The first-order valence-corrected chi connectivity index (χ1v) is 7.25. The average Bonchev–Trinajstić information content (AvgIpc) is 2.39. The largest absolute Gasteiger partial charge is 0.385 e. The van der Waals surface area contributed by atoms with E-state index in [1.54, 1.807) is 7.11 Å². The van der Waals surface area contributed by atoms with E-state index in [1.165, 1.54) is 0 Å². The number of nitrogens with zero attached hydrogens (tertiary/aromatic N) is 2.